The van der Waals surface area contributed by atoms with Crippen LogP contribution in [0.15, 0.2) is 72.1 Å². The van der Waals surface area contributed by atoms with E-state index in [-0.39, 0.29) is 50.1 Å². The minimum absolute atomic E-state index is 0.00184. The van der Waals surface area contributed by atoms with E-state index in [1.165, 1.54) is 30.6 Å². The van der Waals surface area contributed by atoms with Crippen molar-refractivity contribution in [3.63, 3.8) is 0 Å². The molecule has 0 aliphatic carbocycles. The lowest BCUT2D eigenvalue weighted by Crippen LogP contribution is -2.41. The SMILES string of the molecule is CC(C)C1(C)N=C(c2ncccc2C(=O)O)NC1=O.Cc1cnc2c(C(=O)O)c(Cl)ccc2c1.O=C(O)c1c(Cl)ccc2cc(Cl)cnc12. The van der Waals surface area contributed by atoms with E-state index >= 15 is 0 Å². The van der Waals surface area contributed by atoms with Gasteiger partial charge in [-0.15, -0.1) is 0 Å². The van der Waals surface area contributed by atoms with Crippen LogP contribution >= 0.6 is 34.8 Å². The fourth-order valence-corrected chi connectivity index (χ4v) is 5.29. The number of carbonyl (C=O) groups is 4. The zero-order chi connectivity index (χ0) is 36.2. The minimum Gasteiger partial charge on any atom is -0.478 e. The number of aliphatic imine (C=N–C) groups is 1. The van der Waals surface area contributed by atoms with Crippen molar-refractivity contribution in [3.8, 4) is 0 Å². The quantitative estimate of drug-likeness (QED) is 0.144. The summed E-state index contributed by atoms with van der Waals surface area (Å²) in [5.41, 5.74) is 1.16. The number of carboxylic acid groups (broad SMARTS) is 3. The van der Waals surface area contributed by atoms with Crippen molar-refractivity contribution in [2.24, 2.45) is 10.9 Å². The molecular weight excluding hydrogens is 697 g/mol. The van der Waals surface area contributed by atoms with Gasteiger partial charge in [-0.05, 0) is 61.7 Å². The van der Waals surface area contributed by atoms with Crippen LogP contribution in [0.25, 0.3) is 21.8 Å². The van der Waals surface area contributed by atoms with Crippen molar-refractivity contribution in [1.29, 1.82) is 0 Å². The van der Waals surface area contributed by atoms with Crippen molar-refractivity contribution < 1.29 is 34.5 Å². The number of halogens is 3. The van der Waals surface area contributed by atoms with Gasteiger partial charge in [-0.1, -0.05) is 60.8 Å². The summed E-state index contributed by atoms with van der Waals surface area (Å²) < 4.78 is 0. The van der Waals surface area contributed by atoms with Crippen LogP contribution in [0.3, 0.4) is 0 Å². The van der Waals surface area contributed by atoms with E-state index in [4.69, 9.17) is 50.1 Å². The highest BCUT2D eigenvalue weighted by molar-refractivity contribution is 6.36. The van der Waals surface area contributed by atoms with Crippen LogP contribution in [0.4, 0.5) is 0 Å². The molecule has 4 N–H and O–H groups in total. The normalized spacial score (nSPS) is 15.1. The van der Waals surface area contributed by atoms with Crippen LogP contribution in [-0.2, 0) is 4.79 Å². The lowest BCUT2D eigenvalue weighted by atomic mass is 9.89. The number of nitrogens with zero attached hydrogens (tertiary/aromatic N) is 4. The summed E-state index contributed by atoms with van der Waals surface area (Å²) in [6.45, 7) is 7.41. The van der Waals surface area contributed by atoms with Crippen LogP contribution in [-0.4, -0.2) is 65.5 Å². The molecule has 252 valence electrons. The predicted molar refractivity (Wildman–Crippen MR) is 186 cm³/mol. The van der Waals surface area contributed by atoms with Crippen LogP contribution in [0, 0.1) is 12.8 Å². The van der Waals surface area contributed by atoms with Crippen LogP contribution < -0.4 is 5.32 Å². The average molecular weight is 725 g/mol. The van der Waals surface area contributed by atoms with Crippen LogP contribution in [0.1, 0.15) is 63.1 Å². The highest BCUT2D eigenvalue weighted by Crippen LogP contribution is 2.28. The van der Waals surface area contributed by atoms with E-state index in [1.54, 1.807) is 37.4 Å². The number of benzene rings is 2. The molecular formula is C34H28Cl3N5O7. The molecule has 1 aliphatic rings. The van der Waals surface area contributed by atoms with E-state index in [2.05, 4.69) is 25.3 Å². The molecule has 4 heterocycles. The number of nitrogens with one attached hydrogen (secondary N) is 1. The maximum atomic E-state index is 12.0. The molecule has 1 amide bonds. The molecule has 5 aromatic rings. The van der Waals surface area contributed by atoms with E-state index < -0.39 is 23.4 Å². The fourth-order valence-electron chi connectivity index (χ4n) is 4.66. The molecule has 2 aromatic carbocycles. The number of fused-ring (bicyclic) bond motifs is 2. The summed E-state index contributed by atoms with van der Waals surface area (Å²) in [5.74, 6) is -3.26. The number of hydrogen-bond acceptors (Lipinski definition) is 8. The summed E-state index contributed by atoms with van der Waals surface area (Å²) in [4.78, 5) is 61.5. The van der Waals surface area contributed by atoms with Crippen molar-refractivity contribution in [3.05, 3.63) is 110 Å². The number of amides is 1. The molecule has 1 aliphatic heterocycles. The Balaban J connectivity index is 0.000000167. The van der Waals surface area contributed by atoms with E-state index in [0.29, 0.717) is 21.4 Å². The van der Waals surface area contributed by atoms with Gasteiger partial charge in [0.05, 0.1) is 31.7 Å². The lowest BCUT2D eigenvalue weighted by molar-refractivity contribution is -0.124. The molecule has 0 fully saturated rings. The smallest absolute Gasteiger partial charge is 0.339 e. The molecule has 1 unspecified atom stereocenters. The van der Waals surface area contributed by atoms with Gasteiger partial charge < -0.3 is 20.6 Å². The summed E-state index contributed by atoms with van der Waals surface area (Å²) in [6.07, 6.45) is 4.50. The number of pyridine rings is 3. The number of aryl methyl sites for hydroxylation is 1. The van der Waals surface area contributed by atoms with E-state index in [0.717, 1.165) is 10.9 Å². The monoisotopic (exact) mass is 723 g/mol. The third-order valence-corrected chi connectivity index (χ3v) is 8.39. The molecule has 12 nitrogen and oxygen atoms in total. The zero-order valence-corrected chi connectivity index (χ0v) is 28.6. The molecule has 49 heavy (non-hydrogen) atoms. The number of hydrogen-bond donors (Lipinski definition) is 4. The number of amidine groups is 1. The molecule has 6 rings (SSSR count). The Hall–Kier alpha value is -5.17. The second kappa shape index (κ2) is 14.9. The maximum absolute atomic E-state index is 12.0. The van der Waals surface area contributed by atoms with Gasteiger partial charge in [0.1, 0.15) is 22.4 Å². The first kappa shape index (κ1) is 36.7. The van der Waals surface area contributed by atoms with Gasteiger partial charge in [0.2, 0.25) is 0 Å². The topological polar surface area (TPSA) is 192 Å². The van der Waals surface area contributed by atoms with E-state index in [1.807, 2.05) is 26.8 Å². The van der Waals surface area contributed by atoms with Gasteiger partial charge >= 0.3 is 17.9 Å². The van der Waals surface area contributed by atoms with Gasteiger partial charge in [-0.3, -0.25) is 19.7 Å². The Morgan fingerprint density at radius 3 is 1.86 bits per heavy atom. The first-order chi connectivity index (χ1) is 23.0. The summed E-state index contributed by atoms with van der Waals surface area (Å²) >= 11 is 17.3. The van der Waals surface area contributed by atoms with Gasteiger partial charge in [0.25, 0.3) is 5.91 Å². The van der Waals surface area contributed by atoms with Gasteiger partial charge in [-0.25, -0.2) is 19.4 Å². The Morgan fingerprint density at radius 2 is 1.35 bits per heavy atom. The average Bonchev–Trinajstić information content (AvgIpc) is 3.36. The van der Waals surface area contributed by atoms with Gasteiger partial charge in [0, 0.05) is 29.4 Å². The lowest BCUT2D eigenvalue weighted by Gasteiger charge is -2.21. The highest BCUT2D eigenvalue weighted by Gasteiger charge is 2.43. The zero-order valence-electron chi connectivity index (χ0n) is 26.3. The molecule has 0 bridgehead atoms. The molecule has 0 spiro atoms. The number of aromatic carboxylic acids is 3. The second-order valence-electron chi connectivity index (χ2n) is 11.2. The molecule has 15 heteroatoms. The molecule has 1 atom stereocenters. The largest absolute Gasteiger partial charge is 0.478 e. The third-order valence-electron chi connectivity index (χ3n) is 7.56. The van der Waals surface area contributed by atoms with Crippen LogP contribution in [0.2, 0.25) is 15.1 Å². The molecule has 3 aromatic heterocycles. The standard InChI is InChI=1S/C13H15N3O3.C11H8ClNO2.C10H5Cl2NO2/c1-7(2)13(3)12(19)15-10(16-13)9-8(11(17)18)5-4-6-14-9;1-6-4-7-2-3-8(12)9(11(14)15)10(7)13-5-6;11-6-3-5-1-2-7(12)8(10(14)15)9(5)13-4-6/h4-7H,1-3H3,(H,17,18)(H,15,16,19);2-5H,1H3,(H,14,15);1-4H,(H,14,15). The summed E-state index contributed by atoms with van der Waals surface area (Å²) in [5, 5.41) is 32.0. The van der Waals surface area contributed by atoms with Crippen molar-refractivity contribution in [1.82, 2.24) is 20.3 Å². The second-order valence-corrected chi connectivity index (χ2v) is 12.4. The molecule has 0 radical (unpaired) electrons. The Morgan fingerprint density at radius 1 is 0.796 bits per heavy atom. The predicted octanol–water partition coefficient (Wildman–Crippen LogP) is 7.21. The fraction of sp³-hybridized carbons (Fsp3) is 0.176. The summed E-state index contributed by atoms with van der Waals surface area (Å²) in [6, 6.07) is 13.0. The van der Waals surface area contributed by atoms with Gasteiger partial charge in [-0.2, -0.15) is 0 Å². The molecule has 0 saturated carbocycles. The van der Waals surface area contributed by atoms with Gasteiger partial charge in [0.15, 0.2) is 5.84 Å². The van der Waals surface area contributed by atoms with Crippen molar-refractivity contribution in [2.75, 3.05) is 0 Å². The molecule has 0 saturated heterocycles. The Labute approximate surface area is 294 Å². The number of carboxylic acids is 3. The summed E-state index contributed by atoms with van der Waals surface area (Å²) in [7, 11) is 0. The van der Waals surface area contributed by atoms with Crippen LogP contribution in [0.5, 0.6) is 0 Å². The first-order valence-electron chi connectivity index (χ1n) is 14.4. The number of aromatic nitrogens is 3. The Bertz CT molecular complexity index is 2070. The highest BCUT2D eigenvalue weighted by atomic mass is 35.5. The third kappa shape index (κ3) is 7.94. The first-order valence-corrected chi connectivity index (χ1v) is 15.5. The number of carbonyl (C=O) groups excluding carboxylic acids is 1. The van der Waals surface area contributed by atoms with Crippen molar-refractivity contribution >= 4 is 86.3 Å². The Kier molecular flexibility index (Phi) is 11.2. The van der Waals surface area contributed by atoms with E-state index in [9.17, 15) is 19.2 Å². The number of rotatable bonds is 5. The minimum atomic E-state index is -1.10. The van der Waals surface area contributed by atoms with Crippen molar-refractivity contribution in [2.45, 2.75) is 33.2 Å². The maximum Gasteiger partial charge on any atom is 0.339 e.